The zero-order valence-electron chi connectivity index (χ0n) is 10.7. The number of anilines is 1. The molecule has 0 heterocycles. The van der Waals surface area contributed by atoms with Crippen molar-refractivity contribution in [2.75, 3.05) is 12.8 Å². The fourth-order valence-corrected chi connectivity index (χ4v) is 1.65. The van der Waals surface area contributed by atoms with E-state index in [9.17, 15) is 4.79 Å². The third-order valence-electron chi connectivity index (χ3n) is 2.73. The number of rotatable bonds is 3. The summed E-state index contributed by atoms with van der Waals surface area (Å²) < 4.78 is 5.10. The maximum Gasteiger partial charge on any atom is 0.201 e. The first-order valence-electron chi connectivity index (χ1n) is 5.91. The second kappa shape index (κ2) is 5.87. The summed E-state index contributed by atoms with van der Waals surface area (Å²) in [6.45, 7) is 0. The molecule has 19 heavy (non-hydrogen) atoms. The van der Waals surface area contributed by atoms with Gasteiger partial charge in [0, 0.05) is 0 Å². The van der Waals surface area contributed by atoms with Crippen LogP contribution in [-0.4, -0.2) is 7.11 Å². The van der Waals surface area contributed by atoms with E-state index in [1.54, 1.807) is 19.2 Å². The van der Waals surface area contributed by atoms with Crippen molar-refractivity contribution in [1.82, 2.24) is 0 Å². The second-order valence-corrected chi connectivity index (χ2v) is 4.10. The monoisotopic (exact) mass is 253 g/mol. The number of nitrogens with two attached hydrogens (primary N) is 1. The van der Waals surface area contributed by atoms with Gasteiger partial charge < -0.3 is 10.5 Å². The molecule has 0 spiro atoms. The first-order chi connectivity index (χ1) is 9.19. The molecule has 0 saturated heterocycles. The molecule has 0 aliphatic rings. The molecule has 0 bridgehead atoms. The quantitative estimate of drug-likeness (QED) is 0.915. The molecule has 2 N–H and O–H groups in total. The van der Waals surface area contributed by atoms with Gasteiger partial charge in [-0.3, -0.25) is 4.79 Å². The van der Waals surface area contributed by atoms with Crippen molar-refractivity contribution in [3.05, 3.63) is 69.9 Å². The zero-order valence-corrected chi connectivity index (χ0v) is 10.7. The fourth-order valence-electron chi connectivity index (χ4n) is 1.65. The predicted molar refractivity (Wildman–Crippen MR) is 79.0 cm³/mol. The molecule has 0 fully saturated rings. The average molecular weight is 253 g/mol. The fraction of sp³-hybridized carbons (Fsp3) is 0.0625. The summed E-state index contributed by atoms with van der Waals surface area (Å²) in [7, 11) is 1.64. The lowest BCUT2D eigenvalue weighted by molar-refractivity contribution is 0.415. The van der Waals surface area contributed by atoms with Crippen LogP contribution >= 0.6 is 0 Å². The van der Waals surface area contributed by atoms with Gasteiger partial charge >= 0.3 is 0 Å². The van der Waals surface area contributed by atoms with Crippen LogP contribution < -0.4 is 15.9 Å². The van der Waals surface area contributed by atoms with Crippen molar-refractivity contribution in [2.45, 2.75) is 0 Å². The highest BCUT2D eigenvalue weighted by Gasteiger charge is 1.93. The van der Waals surface area contributed by atoms with Gasteiger partial charge in [-0.25, -0.2) is 0 Å². The van der Waals surface area contributed by atoms with Gasteiger partial charge in [-0.1, -0.05) is 36.4 Å². The molecular formula is C16H15NO2. The first-order valence-corrected chi connectivity index (χ1v) is 5.91. The lowest BCUT2D eigenvalue weighted by Crippen LogP contribution is -2.01. The average Bonchev–Trinajstić information content (AvgIpc) is 2.59. The van der Waals surface area contributed by atoms with Crippen molar-refractivity contribution < 1.29 is 4.74 Å². The Balaban J connectivity index is 2.25. The van der Waals surface area contributed by atoms with Crippen molar-refractivity contribution in [3.63, 3.8) is 0 Å². The molecule has 0 aliphatic heterocycles. The number of nitrogen functional groups attached to an aromatic ring is 1. The van der Waals surface area contributed by atoms with Crippen LogP contribution in [-0.2, 0) is 0 Å². The van der Waals surface area contributed by atoms with E-state index < -0.39 is 0 Å². The van der Waals surface area contributed by atoms with E-state index in [2.05, 4.69) is 0 Å². The minimum absolute atomic E-state index is 0.163. The highest BCUT2D eigenvalue weighted by Crippen LogP contribution is 2.14. The van der Waals surface area contributed by atoms with Gasteiger partial charge in [-0.2, -0.15) is 0 Å². The Hall–Kier alpha value is -2.55. The van der Waals surface area contributed by atoms with Gasteiger partial charge in [-0.05, 0) is 35.4 Å². The Morgan fingerprint density at radius 3 is 2.37 bits per heavy atom. The summed E-state index contributed by atoms with van der Waals surface area (Å²) in [4.78, 5) is 11.4. The number of hydrogen-bond donors (Lipinski definition) is 1. The molecular weight excluding hydrogens is 238 g/mol. The van der Waals surface area contributed by atoms with Gasteiger partial charge in [0.1, 0.15) is 5.75 Å². The summed E-state index contributed by atoms with van der Waals surface area (Å²) in [5.74, 6) is 0.823. The van der Waals surface area contributed by atoms with Crippen molar-refractivity contribution in [1.29, 1.82) is 0 Å². The molecule has 2 aromatic carbocycles. The maximum atomic E-state index is 11.4. The summed E-state index contributed by atoms with van der Waals surface area (Å²) in [6, 6.07) is 14.4. The van der Waals surface area contributed by atoms with E-state index in [1.165, 1.54) is 6.07 Å². The molecule has 0 amide bonds. The van der Waals surface area contributed by atoms with Gasteiger partial charge in [-0.15, -0.1) is 0 Å². The van der Waals surface area contributed by atoms with Crippen LogP contribution in [0.15, 0.2) is 53.3 Å². The topological polar surface area (TPSA) is 52.3 Å². The Morgan fingerprint density at radius 1 is 1.00 bits per heavy atom. The second-order valence-electron chi connectivity index (χ2n) is 4.10. The van der Waals surface area contributed by atoms with E-state index in [0.717, 1.165) is 16.9 Å². The molecule has 0 saturated carbocycles. The Bertz CT molecular complexity index is 646. The van der Waals surface area contributed by atoms with Crippen LogP contribution in [0.25, 0.3) is 12.2 Å². The minimum Gasteiger partial charge on any atom is -0.497 e. The number of methoxy groups -OCH3 is 1. The Kier molecular flexibility index (Phi) is 3.98. The molecule has 96 valence electrons. The first kappa shape index (κ1) is 12.9. The van der Waals surface area contributed by atoms with Crippen LogP contribution in [0.5, 0.6) is 5.75 Å². The van der Waals surface area contributed by atoms with Gasteiger partial charge in [0.15, 0.2) is 0 Å². The normalized spacial score (nSPS) is 10.6. The van der Waals surface area contributed by atoms with E-state index in [-0.39, 0.29) is 11.1 Å². The minimum atomic E-state index is -0.163. The third kappa shape index (κ3) is 3.45. The van der Waals surface area contributed by atoms with E-state index in [0.29, 0.717) is 0 Å². The lowest BCUT2D eigenvalue weighted by atomic mass is 10.1. The summed E-state index contributed by atoms with van der Waals surface area (Å²) >= 11 is 0. The van der Waals surface area contributed by atoms with E-state index >= 15 is 0 Å². The van der Waals surface area contributed by atoms with Crippen LogP contribution in [0.2, 0.25) is 0 Å². The smallest absolute Gasteiger partial charge is 0.201 e. The summed E-state index contributed by atoms with van der Waals surface area (Å²) in [5.41, 5.74) is 7.67. The molecule has 0 aromatic heterocycles. The van der Waals surface area contributed by atoms with E-state index in [1.807, 2.05) is 42.5 Å². The highest BCUT2D eigenvalue weighted by molar-refractivity contribution is 5.70. The van der Waals surface area contributed by atoms with Crippen LogP contribution in [0, 0.1) is 0 Å². The molecule has 0 aliphatic carbocycles. The predicted octanol–water partition coefficient (Wildman–Crippen LogP) is 2.81. The molecule has 2 aromatic rings. The number of ether oxygens (including phenoxy) is 1. The van der Waals surface area contributed by atoms with Crippen molar-refractivity contribution in [3.8, 4) is 5.75 Å². The number of hydrogen-bond acceptors (Lipinski definition) is 3. The SMILES string of the molecule is COc1ccc(C=Cc2cccc(=O)c(N)c2)cc1. The summed E-state index contributed by atoms with van der Waals surface area (Å²) in [6.07, 6.45) is 3.87. The Labute approximate surface area is 112 Å². The van der Waals surface area contributed by atoms with E-state index in [4.69, 9.17) is 10.5 Å². The summed E-state index contributed by atoms with van der Waals surface area (Å²) in [5, 5.41) is 0. The number of benzene rings is 1. The molecule has 0 atom stereocenters. The standard InChI is InChI=1S/C16H15NO2/c1-19-14-9-7-12(8-10-14)5-6-13-3-2-4-16(18)15(17)11-13/h2-11H,1H3,(H2,17,18). The lowest BCUT2D eigenvalue weighted by Gasteiger charge is -1.98. The molecule has 0 radical (unpaired) electrons. The zero-order chi connectivity index (χ0) is 13.7. The molecule has 3 heteroatoms. The van der Waals surface area contributed by atoms with Gasteiger partial charge in [0.2, 0.25) is 5.43 Å². The van der Waals surface area contributed by atoms with Gasteiger partial charge in [0.25, 0.3) is 0 Å². The van der Waals surface area contributed by atoms with Crippen molar-refractivity contribution >= 4 is 17.8 Å². The van der Waals surface area contributed by atoms with Crippen molar-refractivity contribution in [2.24, 2.45) is 0 Å². The molecule has 2 rings (SSSR count). The molecule has 0 unspecified atom stereocenters. The third-order valence-corrected chi connectivity index (χ3v) is 2.73. The highest BCUT2D eigenvalue weighted by atomic mass is 16.5. The Morgan fingerprint density at radius 2 is 1.68 bits per heavy atom. The maximum absolute atomic E-state index is 11.4. The van der Waals surface area contributed by atoms with Crippen LogP contribution in [0.1, 0.15) is 11.1 Å². The molecule has 3 nitrogen and oxygen atoms in total. The van der Waals surface area contributed by atoms with Crippen LogP contribution in [0.4, 0.5) is 5.69 Å². The van der Waals surface area contributed by atoms with Crippen LogP contribution in [0.3, 0.4) is 0 Å². The van der Waals surface area contributed by atoms with Gasteiger partial charge in [0.05, 0.1) is 12.8 Å². The largest absolute Gasteiger partial charge is 0.497 e.